The minimum absolute atomic E-state index is 0.187. The van der Waals surface area contributed by atoms with E-state index in [9.17, 15) is 0 Å². The van der Waals surface area contributed by atoms with Crippen molar-refractivity contribution >= 4 is 0 Å². The van der Waals surface area contributed by atoms with Crippen LogP contribution in [0.5, 0.6) is 17.2 Å². The van der Waals surface area contributed by atoms with Gasteiger partial charge in [-0.3, -0.25) is 0 Å². The number of benzene rings is 1. The average molecular weight is 954 g/mol. The first-order valence-electron chi connectivity index (χ1n) is 31.5. The fourth-order valence-corrected chi connectivity index (χ4v) is 10.2. The lowest BCUT2D eigenvalue weighted by Gasteiger charge is -2.22. The van der Waals surface area contributed by atoms with Crippen LogP contribution in [0.2, 0.25) is 0 Å². The van der Waals surface area contributed by atoms with Gasteiger partial charge in [0.15, 0.2) is 11.5 Å². The molecular weight excluding hydrogens is 829 g/mol. The Hall–Kier alpha value is -1.38. The van der Waals surface area contributed by atoms with E-state index in [2.05, 4.69) is 53.7 Å². The summed E-state index contributed by atoms with van der Waals surface area (Å²) in [5.74, 6) is 2.67. The van der Waals surface area contributed by atoms with Gasteiger partial charge < -0.3 is 14.2 Å². The molecule has 1 aromatic rings. The summed E-state index contributed by atoms with van der Waals surface area (Å²) in [6.07, 6.45) is 67.5. The molecule has 0 heterocycles. The lowest BCUT2D eigenvalue weighted by atomic mass is 9.88. The first kappa shape index (κ1) is 64.6. The minimum atomic E-state index is 0.187. The summed E-state index contributed by atoms with van der Waals surface area (Å²) in [6, 6.07) is 4.56. The van der Waals surface area contributed by atoms with Crippen LogP contribution in [0.3, 0.4) is 0 Å². The highest BCUT2D eigenvalue weighted by Gasteiger charge is 2.19. The monoisotopic (exact) mass is 953 g/mol. The Labute approximate surface area is 428 Å². The fourth-order valence-electron chi connectivity index (χ4n) is 10.2. The van der Waals surface area contributed by atoms with E-state index in [1.807, 2.05) is 0 Å². The molecule has 3 nitrogen and oxygen atoms in total. The van der Waals surface area contributed by atoms with Crippen molar-refractivity contribution in [3.05, 3.63) is 17.7 Å². The summed E-state index contributed by atoms with van der Waals surface area (Å²) in [7, 11) is 0. The molecule has 0 saturated heterocycles. The van der Waals surface area contributed by atoms with Gasteiger partial charge in [0.25, 0.3) is 0 Å². The molecule has 0 unspecified atom stereocenters. The van der Waals surface area contributed by atoms with Crippen molar-refractivity contribution < 1.29 is 14.2 Å². The van der Waals surface area contributed by atoms with Crippen molar-refractivity contribution in [2.24, 2.45) is 5.41 Å². The molecule has 0 aliphatic carbocycles. The van der Waals surface area contributed by atoms with Crippen molar-refractivity contribution in [2.75, 3.05) is 19.8 Å². The van der Waals surface area contributed by atoms with Crippen molar-refractivity contribution in [2.45, 2.75) is 356 Å². The zero-order valence-corrected chi connectivity index (χ0v) is 47.6. The summed E-state index contributed by atoms with van der Waals surface area (Å²) in [5.41, 5.74) is 1.49. The number of hydrogen-bond donors (Lipinski definition) is 0. The molecule has 3 heteroatoms. The van der Waals surface area contributed by atoms with Crippen LogP contribution >= 0.6 is 0 Å². The molecule has 0 aliphatic heterocycles. The first-order valence-corrected chi connectivity index (χ1v) is 31.5. The second kappa shape index (κ2) is 50.6. The Balaban J connectivity index is 2.55. The van der Waals surface area contributed by atoms with E-state index in [0.29, 0.717) is 0 Å². The van der Waals surface area contributed by atoms with Crippen LogP contribution in [0.4, 0.5) is 0 Å². The van der Waals surface area contributed by atoms with Crippen LogP contribution < -0.4 is 14.2 Å². The molecule has 0 amide bonds. The summed E-state index contributed by atoms with van der Waals surface area (Å²) in [4.78, 5) is 0. The average Bonchev–Trinajstić information content (AvgIpc) is 3.32. The van der Waals surface area contributed by atoms with Crippen molar-refractivity contribution in [3.8, 4) is 17.2 Å². The molecular formula is C65H124O3. The third-order valence-electron chi connectivity index (χ3n) is 14.6. The molecule has 0 aromatic heterocycles. The van der Waals surface area contributed by atoms with Crippen LogP contribution in [0.25, 0.3) is 0 Å². The maximum atomic E-state index is 6.69. The minimum Gasteiger partial charge on any atom is -0.490 e. The molecule has 0 fully saturated rings. The zero-order chi connectivity index (χ0) is 49.1. The molecule has 0 saturated carbocycles. The lowest BCUT2D eigenvalue weighted by Crippen LogP contribution is -2.11. The standard InChI is InChI=1S/C65H124O3/c1-7-10-13-16-19-22-25-28-31-34-37-40-43-46-49-52-55-66-62-58-61(60-65(4,5)6)59-63(67-56-53-50-47-44-41-38-35-32-29-26-23-20-17-14-11-8-2)64(62)68-57-54-51-48-45-42-39-36-33-30-27-24-21-18-15-12-9-3/h58-59H,7-57,60H2,1-6H3. The Bertz CT molecular complexity index is 1080. The van der Waals surface area contributed by atoms with Crippen LogP contribution in [0.1, 0.15) is 355 Å². The van der Waals surface area contributed by atoms with Crippen LogP contribution in [-0.4, -0.2) is 19.8 Å². The van der Waals surface area contributed by atoms with Crippen molar-refractivity contribution in [3.63, 3.8) is 0 Å². The third kappa shape index (κ3) is 44.6. The molecule has 0 spiro atoms. The number of unbranched alkanes of at least 4 members (excludes halogenated alkanes) is 45. The molecule has 1 rings (SSSR count). The van der Waals surface area contributed by atoms with E-state index in [4.69, 9.17) is 14.2 Å². The molecule has 0 atom stereocenters. The van der Waals surface area contributed by atoms with Gasteiger partial charge in [-0.2, -0.15) is 0 Å². The van der Waals surface area contributed by atoms with Crippen molar-refractivity contribution in [1.29, 1.82) is 0 Å². The first-order chi connectivity index (χ1) is 33.4. The topological polar surface area (TPSA) is 27.7 Å². The highest BCUT2D eigenvalue weighted by atomic mass is 16.5. The highest BCUT2D eigenvalue weighted by molar-refractivity contribution is 5.54. The summed E-state index contributed by atoms with van der Waals surface area (Å²) < 4.78 is 20.0. The van der Waals surface area contributed by atoms with E-state index in [0.717, 1.165) is 62.8 Å². The van der Waals surface area contributed by atoms with Gasteiger partial charge in [-0.1, -0.05) is 330 Å². The Morgan fingerprint density at radius 1 is 0.265 bits per heavy atom. The van der Waals surface area contributed by atoms with Gasteiger partial charge in [0.05, 0.1) is 19.8 Å². The smallest absolute Gasteiger partial charge is 0.203 e. The predicted octanol–water partition coefficient (Wildman–Crippen LogP) is 23.2. The van der Waals surface area contributed by atoms with Gasteiger partial charge in [0.2, 0.25) is 5.75 Å². The Kier molecular flexibility index (Phi) is 48.1. The SMILES string of the molecule is CCCCCCCCCCCCCCCCCCOc1cc(CC(C)(C)C)cc(OCCCCCCCCCCCCCCCCCC)c1OCCCCCCCCCCCCCCCCCC. The van der Waals surface area contributed by atoms with E-state index >= 15 is 0 Å². The molecule has 1 aromatic carbocycles. The van der Waals surface area contributed by atoms with Crippen LogP contribution in [-0.2, 0) is 6.42 Å². The van der Waals surface area contributed by atoms with Gasteiger partial charge in [-0.15, -0.1) is 0 Å². The van der Waals surface area contributed by atoms with Crippen LogP contribution in [0.15, 0.2) is 12.1 Å². The molecule has 0 N–H and O–H groups in total. The number of hydrogen-bond acceptors (Lipinski definition) is 3. The van der Waals surface area contributed by atoms with Crippen LogP contribution in [0, 0.1) is 5.41 Å². The highest BCUT2D eigenvalue weighted by Crippen LogP contribution is 2.41. The lowest BCUT2D eigenvalue weighted by molar-refractivity contribution is 0.233. The molecule has 402 valence electrons. The fraction of sp³-hybridized carbons (Fsp3) is 0.908. The normalized spacial score (nSPS) is 11.8. The third-order valence-corrected chi connectivity index (χ3v) is 14.6. The molecule has 68 heavy (non-hydrogen) atoms. The Morgan fingerprint density at radius 3 is 0.662 bits per heavy atom. The van der Waals surface area contributed by atoms with Crippen molar-refractivity contribution in [1.82, 2.24) is 0 Å². The van der Waals surface area contributed by atoms with E-state index < -0.39 is 0 Å². The molecule has 0 radical (unpaired) electrons. The summed E-state index contributed by atoms with van der Waals surface area (Å²) in [6.45, 7) is 16.2. The van der Waals surface area contributed by atoms with Gasteiger partial charge in [0.1, 0.15) is 0 Å². The van der Waals surface area contributed by atoms with E-state index in [-0.39, 0.29) is 5.41 Å². The summed E-state index contributed by atoms with van der Waals surface area (Å²) >= 11 is 0. The second-order valence-corrected chi connectivity index (χ2v) is 23.1. The maximum Gasteiger partial charge on any atom is 0.203 e. The summed E-state index contributed by atoms with van der Waals surface area (Å²) in [5, 5.41) is 0. The predicted molar refractivity (Wildman–Crippen MR) is 305 cm³/mol. The quantitative estimate of drug-likeness (QED) is 0.0609. The zero-order valence-electron chi connectivity index (χ0n) is 47.6. The maximum absolute atomic E-state index is 6.69. The number of ether oxygens (including phenoxy) is 3. The van der Waals surface area contributed by atoms with Gasteiger partial charge in [-0.25, -0.2) is 0 Å². The number of rotatable bonds is 55. The second-order valence-electron chi connectivity index (χ2n) is 23.1. The van der Waals surface area contributed by atoms with Gasteiger partial charge >= 0.3 is 0 Å². The largest absolute Gasteiger partial charge is 0.490 e. The van der Waals surface area contributed by atoms with Gasteiger partial charge in [-0.05, 0) is 48.8 Å². The van der Waals surface area contributed by atoms with Gasteiger partial charge in [0, 0.05) is 0 Å². The van der Waals surface area contributed by atoms with E-state index in [1.54, 1.807) is 0 Å². The van der Waals surface area contributed by atoms with E-state index in [1.165, 1.54) is 295 Å². The molecule has 0 bridgehead atoms. The Morgan fingerprint density at radius 2 is 0.456 bits per heavy atom. The molecule has 0 aliphatic rings.